The van der Waals surface area contributed by atoms with Gasteiger partial charge in [-0.1, -0.05) is 0 Å². The first kappa shape index (κ1) is 11.8. The van der Waals surface area contributed by atoms with Crippen molar-refractivity contribution >= 4 is 11.9 Å². The largest absolute Gasteiger partial charge is 0.458 e. The maximum Gasteiger partial charge on any atom is 0.303 e. The van der Waals surface area contributed by atoms with Gasteiger partial charge in [0.25, 0.3) is 0 Å². The van der Waals surface area contributed by atoms with Gasteiger partial charge in [0.05, 0.1) is 0 Å². The molecule has 1 rings (SSSR count). The van der Waals surface area contributed by atoms with E-state index in [0.717, 1.165) is 19.3 Å². The van der Waals surface area contributed by atoms with Crippen LogP contribution in [-0.4, -0.2) is 24.1 Å². The standard InChI is InChI=1S/C11H16O4/c1-8(12)14-10-4-3-5-11(7-6-10)15-9(2)13/h6-7,10-11H,3-5H2,1-2H3/t10-,11+. The summed E-state index contributed by atoms with van der Waals surface area (Å²) < 4.78 is 10.1. The number of carbonyl (C=O) groups excluding carboxylic acids is 2. The van der Waals surface area contributed by atoms with Crippen LogP contribution in [0.5, 0.6) is 0 Å². The van der Waals surface area contributed by atoms with E-state index in [9.17, 15) is 9.59 Å². The molecule has 0 N–H and O–H groups in total. The normalized spacial score (nSPS) is 25.5. The van der Waals surface area contributed by atoms with Crippen LogP contribution in [0.3, 0.4) is 0 Å². The predicted octanol–water partition coefficient (Wildman–Crippen LogP) is 1.59. The van der Waals surface area contributed by atoms with Gasteiger partial charge in [-0.05, 0) is 31.4 Å². The number of ether oxygens (including phenoxy) is 2. The van der Waals surface area contributed by atoms with E-state index in [1.54, 1.807) is 12.2 Å². The molecule has 0 fully saturated rings. The predicted molar refractivity (Wildman–Crippen MR) is 54.1 cm³/mol. The first-order valence-corrected chi connectivity index (χ1v) is 5.10. The molecule has 0 saturated carbocycles. The maximum atomic E-state index is 10.7. The molecule has 1 aliphatic carbocycles. The minimum atomic E-state index is -0.282. The summed E-state index contributed by atoms with van der Waals surface area (Å²) in [5.74, 6) is -0.564. The highest BCUT2D eigenvalue weighted by molar-refractivity contribution is 5.66. The first-order valence-electron chi connectivity index (χ1n) is 5.10. The quantitative estimate of drug-likeness (QED) is 0.515. The van der Waals surface area contributed by atoms with Gasteiger partial charge in [0, 0.05) is 13.8 Å². The van der Waals surface area contributed by atoms with Gasteiger partial charge in [0.1, 0.15) is 12.2 Å². The third-order valence-electron chi connectivity index (χ3n) is 2.15. The van der Waals surface area contributed by atoms with Crippen molar-refractivity contribution in [1.82, 2.24) is 0 Å². The molecular formula is C11H16O4. The molecule has 2 atom stereocenters. The average molecular weight is 212 g/mol. The Labute approximate surface area is 89.2 Å². The van der Waals surface area contributed by atoms with Gasteiger partial charge in [0.2, 0.25) is 0 Å². The molecule has 0 radical (unpaired) electrons. The van der Waals surface area contributed by atoms with Crippen molar-refractivity contribution in [3.8, 4) is 0 Å². The van der Waals surface area contributed by atoms with Crippen LogP contribution in [0.25, 0.3) is 0 Å². The van der Waals surface area contributed by atoms with E-state index in [1.807, 2.05) is 0 Å². The molecule has 84 valence electrons. The number of hydrogen-bond donors (Lipinski definition) is 0. The molecule has 4 heteroatoms. The third kappa shape index (κ3) is 4.63. The fourth-order valence-electron chi connectivity index (χ4n) is 1.58. The van der Waals surface area contributed by atoms with Crippen molar-refractivity contribution < 1.29 is 19.1 Å². The second kappa shape index (κ2) is 5.53. The number of carbonyl (C=O) groups is 2. The Morgan fingerprint density at radius 1 is 1.00 bits per heavy atom. The van der Waals surface area contributed by atoms with Crippen LogP contribution in [0.15, 0.2) is 12.2 Å². The molecule has 0 aliphatic heterocycles. The maximum absolute atomic E-state index is 10.7. The molecule has 0 aromatic rings. The average Bonchev–Trinajstić information content (AvgIpc) is 2.29. The van der Waals surface area contributed by atoms with Crippen LogP contribution < -0.4 is 0 Å². The molecule has 15 heavy (non-hydrogen) atoms. The van der Waals surface area contributed by atoms with Gasteiger partial charge in [-0.2, -0.15) is 0 Å². The number of rotatable bonds is 2. The minimum absolute atomic E-state index is 0.178. The molecule has 1 aliphatic rings. The fraction of sp³-hybridized carbons (Fsp3) is 0.636. The zero-order valence-electron chi connectivity index (χ0n) is 9.06. The van der Waals surface area contributed by atoms with Crippen LogP contribution >= 0.6 is 0 Å². The van der Waals surface area contributed by atoms with Gasteiger partial charge in [-0.25, -0.2) is 0 Å². The van der Waals surface area contributed by atoms with Crippen molar-refractivity contribution in [3.63, 3.8) is 0 Å². The molecule has 0 aromatic carbocycles. The fourth-order valence-corrected chi connectivity index (χ4v) is 1.58. The summed E-state index contributed by atoms with van der Waals surface area (Å²) in [4.78, 5) is 21.5. The summed E-state index contributed by atoms with van der Waals surface area (Å²) in [6.45, 7) is 2.78. The number of hydrogen-bond acceptors (Lipinski definition) is 4. The van der Waals surface area contributed by atoms with E-state index in [2.05, 4.69) is 0 Å². The van der Waals surface area contributed by atoms with Crippen LogP contribution in [0.1, 0.15) is 33.1 Å². The van der Waals surface area contributed by atoms with Crippen molar-refractivity contribution in [1.29, 1.82) is 0 Å². The lowest BCUT2D eigenvalue weighted by atomic mass is 10.2. The highest BCUT2D eigenvalue weighted by Gasteiger charge is 2.16. The van der Waals surface area contributed by atoms with Crippen LogP contribution in [0, 0.1) is 0 Å². The highest BCUT2D eigenvalue weighted by atomic mass is 16.5. The monoisotopic (exact) mass is 212 g/mol. The zero-order chi connectivity index (χ0) is 11.3. The lowest BCUT2D eigenvalue weighted by Crippen LogP contribution is -2.12. The van der Waals surface area contributed by atoms with Gasteiger partial charge in [0.15, 0.2) is 0 Å². The first-order chi connectivity index (χ1) is 7.08. The van der Waals surface area contributed by atoms with E-state index in [0.29, 0.717) is 0 Å². The lowest BCUT2D eigenvalue weighted by molar-refractivity contribution is -0.145. The van der Waals surface area contributed by atoms with E-state index in [1.165, 1.54) is 13.8 Å². The molecule has 0 bridgehead atoms. The molecule has 0 spiro atoms. The molecule has 0 saturated heterocycles. The van der Waals surface area contributed by atoms with E-state index >= 15 is 0 Å². The number of esters is 2. The lowest BCUT2D eigenvalue weighted by Gasteiger charge is -2.10. The van der Waals surface area contributed by atoms with Crippen molar-refractivity contribution in [2.45, 2.75) is 45.3 Å². The highest BCUT2D eigenvalue weighted by Crippen LogP contribution is 2.16. The van der Waals surface area contributed by atoms with Crippen molar-refractivity contribution in [2.75, 3.05) is 0 Å². The summed E-state index contributed by atoms with van der Waals surface area (Å²) in [6, 6.07) is 0. The molecular weight excluding hydrogens is 196 g/mol. The van der Waals surface area contributed by atoms with Gasteiger partial charge >= 0.3 is 11.9 Å². The Morgan fingerprint density at radius 3 is 1.73 bits per heavy atom. The topological polar surface area (TPSA) is 52.6 Å². The summed E-state index contributed by atoms with van der Waals surface area (Å²) in [7, 11) is 0. The molecule has 0 aromatic heterocycles. The van der Waals surface area contributed by atoms with Crippen LogP contribution in [-0.2, 0) is 19.1 Å². The summed E-state index contributed by atoms with van der Waals surface area (Å²) in [5, 5.41) is 0. The van der Waals surface area contributed by atoms with Gasteiger partial charge < -0.3 is 9.47 Å². The van der Waals surface area contributed by atoms with Crippen LogP contribution in [0.2, 0.25) is 0 Å². The Morgan fingerprint density at radius 2 is 1.40 bits per heavy atom. The second-order valence-corrected chi connectivity index (χ2v) is 3.61. The van der Waals surface area contributed by atoms with Crippen molar-refractivity contribution in [2.24, 2.45) is 0 Å². The summed E-state index contributed by atoms with van der Waals surface area (Å²) in [5.41, 5.74) is 0. The zero-order valence-corrected chi connectivity index (χ0v) is 9.06. The Balaban J connectivity index is 2.48. The molecule has 0 heterocycles. The minimum Gasteiger partial charge on any atom is -0.458 e. The van der Waals surface area contributed by atoms with E-state index < -0.39 is 0 Å². The molecule has 4 nitrogen and oxygen atoms in total. The smallest absolute Gasteiger partial charge is 0.303 e. The SMILES string of the molecule is CC(=O)O[C@@H]1C=C[C@H](OC(C)=O)CCC1. The van der Waals surface area contributed by atoms with Gasteiger partial charge in [-0.3, -0.25) is 9.59 Å². The summed E-state index contributed by atoms with van der Waals surface area (Å²) >= 11 is 0. The van der Waals surface area contributed by atoms with Gasteiger partial charge in [-0.15, -0.1) is 0 Å². The van der Waals surface area contributed by atoms with E-state index in [-0.39, 0.29) is 24.1 Å². The Kier molecular flexibility index (Phi) is 4.34. The van der Waals surface area contributed by atoms with E-state index in [4.69, 9.17) is 9.47 Å². The molecule has 0 amide bonds. The molecule has 0 unspecified atom stereocenters. The Hall–Kier alpha value is -1.32. The van der Waals surface area contributed by atoms with Crippen molar-refractivity contribution in [3.05, 3.63) is 12.2 Å². The Bertz CT molecular complexity index is 244. The third-order valence-corrected chi connectivity index (χ3v) is 2.15. The second-order valence-electron chi connectivity index (χ2n) is 3.61. The van der Waals surface area contributed by atoms with Crippen LogP contribution in [0.4, 0.5) is 0 Å². The summed E-state index contributed by atoms with van der Waals surface area (Å²) in [6.07, 6.45) is 5.68.